The Morgan fingerprint density at radius 3 is 1.41 bits per heavy atom. The molecule has 0 aliphatic carbocycles. The summed E-state index contributed by atoms with van der Waals surface area (Å²) in [6.45, 7) is 3.21. The highest BCUT2D eigenvalue weighted by Gasteiger charge is 2.40. The zero-order valence-electron chi connectivity index (χ0n) is 52.6. The standard InChI is InChI=1S/C48H38NO9P.C32H24O6.9CH4/c1-2-55-39-22-23-45(47(29-39)59(54)46-13-6-4-11-41(46)40-10-3-5-12-44(40)58-59)57-30-43(52)34-9-7-8-33(27-34)42(51)24-25-56-38-20-17-36(18-21-38)49-48(53)35-15-14-32-28-37(50)19-16-31(32)26-35;1-20(33)21-7-11-29(12-8-21)37-18-31(35)27-5-3-25-17-30(13-9-23(25)15-27)38-19-32(36)26-4-2-24-16-28(34)10-6-22(24)14-26;;;;;;;;;/h3-23,26-29,50H,2,24-25,30H2,1H3,(H,49,53);2-17,34H,18-19H2,1H3;9*1H4. The van der Waals surface area contributed by atoms with Crippen molar-refractivity contribution < 1.29 is 71.8 Å². The van der Waals surface area contributed by atoms with Crippen molar-refractivity contribution in [1.29, 1.82) is 0 Å². The number of ether oxygens (including phenoxy) is 5. The molecule has 1 atom stereocenters. The maximum absolute atomic E-state index is 15.0. The van der Waals surface area contributed by atoms with Crippen molar-refractivity contribution >= 4 is 90.8 Å². The number of hydrogen-bond donors (Lipinski definition) is 3. The molecule has 0 fully saturated rings. The lowest BCUT2D eigenvalue weighted by Crippen LogP contribution is -2.27. The van der Waals surface area contributed by atoms with E-state index in [1.54, 1.807) is 188 Å². The number of fused-ring (bicyclic) bond motifs is 6. The van der Waals surface area contributed by atoms with Gasteiger partial charge < -0.3 is 43.7 Å². The van der Waals surface area contributed by atoms with E-state index in [1.165, 1.54) is 13.0 Å². The third kappa shape index (κ3) is 20.6. The van der Waals surface area contributed by atoms with Crippen molar-refractivity contribution in [1.82, 2.24) is 0 Å². The Morgan fingerprint density at radius 1 is 0.377 bits per heavy atom. The summed E-state index contributed by atoms with van der Waals surface area (Å²) in [4.78, 5) is 76.3. The lowest BCUT2D eigenvalue weighted by molar-refractivity contribution is 0.0914. The molecule has 0 saturated heterocycles. The Labute approximate surface area is 624 Å². The van der Waals surface area contributed by atoms with Gasteiger partial charge in [-0.05, 0) is 197 Å². The largest absolute Gasteiger partial charge is 0.508 e. The van der Waals surface area contributed by atoms with Crippen LogP contribution in [0.4, 0.5) is 5.69 Å². The predicted molar refractivity (Wildman–Crippen MR) is 434 cm³/mol. The van der Waals surface area contributed by atoms with Crippen LogP contribution in [0.5, 0.6) is 46.0 Å². The van der Waals surface area contributed by atoms with E-state index in [0.717, 1.165) is 43.4 Å². The molecule has 1 aliphatic heterocycles. The molecule has 1 unspecified atom stereocenters. The first-order valence-corrected chi connectivity index (χ1v) is 32.7. The number of aromatic hydroxyl groups is 2. The molecule has 0 saturated carbocycles. The number of ketones is 5. The van der Waals surface area contributed by atoms with Gasteiger partial charge in [-0.15, -0.1) is 0 Å². The number of para-hydroxylation sites is 1. The molecule has 0 spiro atoms. The fourth-order valence-corrected chi connectivity index (χ4v) is 13.5. The number of phenolic OH excluding ortho intramolecular Hbond substituents is 2. The number of benzene rings is 12. The average molecular weight is 1450 g/mol. The summed E-state index contributed by atoms with van der Waals surface area (Å²) in [7, 11) is -3.79. The Bertz CT molecular complexity index is 5090. The molecule has 1 heterocycles. The molecule has 0 radical (unpaired) electrons. The van der Waals surface area contributed by atoms with Gasteiger partial charge in [0.15, 0.2) is 48.7 Å². The molecule has 13 rings (SSSR count). The first kappa shape index (κ1) is 88.1. The summed E-state index contributed by atoms with van der Waals surface area (Å²) in [5.41, 5.74) is 4.93. The maximum atomic E-state index is 15.0. The molecular formula is C89H98NO15P. The van der Waals surface area contributed by atoms with Crippen LogP contribution < -0.4 is 44.1 Å². The van der Waals surface area contributed by atoms with Gasteiger partial charge in [-0.2, -0.15) is 0 Å². The lowest BCUT2D eigenvalue weighted by Gasteiger charge is -2.30. The van der Waals surface area contributed by atoms with Gasteiger partial charge in [0.2, 0.25) is 0 Å². The molecule has 12 aromatic rings. The van der Waals surface area contributed by atoms with Crippen molar-refractivity contribution in [2.75, 3.05) is 38.4 Å². The summed E-state index contributed by atoms with van der Waals surface area (Å²) < 4.78 is 50.4. The number of hydrogen-bond acceptors (Lipinski definition) is 15. The Hall–Kier alpha value is -12.1. The molecule has 0 aromatic heterocycles. The number of carbonyl (C=O) groups excluding carboxylic acids is 6. The number of rotatable bonds is 23. The molecular weight excluding hydrogens is 1350 g/mol. The SMILES string of the molecule is C.C.C.C.C.C.C.C.C.CC(=O)c1ccc(OCC(=O)c2ccc3cc(OCC(=O)c4ccc5cc(O)ccc5c4)ccc3c2)cc1.CCOc1ccc(OCC(=O)c2cccc(C(=O)CCOc3ccc(NC(=O)c4ccc5cc(O)ccc5c4)cc3)c2)c(P2(=O)Oc3ccccc3-c3ccccc32)c1. The van der Waals surface area contributed by atoms with Crippen molar-refractivity contribution in [3.63, 3.8) is 0 Å². The minimum atomic E-state index is -3.79. The summed E-state index contributed by atoms with van der Waals surface area (Å²) in [6.07, 6.45) is 0.0573. The van der Waals surface area contributed by atoms with Crippen LogP contribution in [0.25, 0.3) is 43.4 Å². The van der Waals surface area contributed by atoms with E-state index in [0.29, 0.717) is 74.2 Å². The quantitative estimate of drug-likeness (QED) is 0.0400. The number of amides is 1. The van der Waals surface area contributed by atoms with Crippen molar-refractivity contribution in [2.45, 2.75) is 87.1 Å². The van der Waals surface area contributed by atoms with E-state index in [1.807, 2.05) is 61.5 Å². The highest BCUT2D eigenvalue weighted by molar-refractivity contribution is 7.75. The smallest absolute Gasteiger partial charge is 0.311 e. The molecule has 0 bridgehead atoms. The van der Waals surface area contributed by atoms with E-state index in [4.69, 9.17) is 28.2 Å². The fourth-order valence-electron chi connectivity index (χ4n) is 11.1. The third-order valence-electron chi connectivity index (χ3n) is 16.1. The second-order valence-corrected chi connectivity index (χ2v) is 25.0. The van der Waals surface area contributed by atoms with Crippen LogP contribution in [0.1, 0.15) is 149 Å². The van der Waals surface area contributed by atoms with Gasteiger partial charge in [0.25, 0.3) is 5.91 Å². The van der Waals surface area contributed by atoms with Crippen molar-refractivity contribution in [3.05, 3.63) is 282 Å². The molecule has 1 aliphatic rings. The van der Waals surface area contributed by atoms with Crippen LogP contribution in [0.15, 0.2) is 249 Å². The van der Waals surface area contributed by atoms with E-state index < -0.39 is 7.37 Å². The summed E-state index contributed by atoms with van der Waals surface area (Å²) in [5.74, 6) is 1.87. The van der Waals surface area contributed by atoms with Crippen LogP contribution in [0, 0.1) is 0 Å². The topological polar surface area (TPSA) is 227 Å². The van der Waals surface area contributed by atoms with Gasteiger partial charge in [0, 0.05) is 51.1 Å². The van der Waals surface area contributed by atoms with E-state index in [-0.39, 0.29) is 163 Å². The fraction of sp³-hybridized carbons (Fsp3) is 0.191. The Morgan fingerprint density at radius 2 is 0.811 bits per heavy atom. The summed E-state index contributed by atoms with van der Waals surface area (Å²) >= 11 is 0. The first-order chi connectivity index (χ1) is 47.0. The van der Waals surface area contributed by atoms with Crippen LogP contribution >= 0.6 is 7.37 Å². The van der Waals surface area contributed by atoms with Crippen LogP contribution in [0.2, 0.25) is 0 Å². The van der Waals surface area contributed by atoms with E-state index >= 15 is 4.57 Å². The monoisotopic (exact) mass is 1450 g/mol. The zero-order valence-corrected chi connectivity index (χ0v) is 53.5. The van der Waals surface area contributed by atoms with Gasteiger partial charge in [0.05, 0.1) is 23.8 Å². The van der Waals surface area contributed by atoms with Crippen molar-refractivity contribution in [2.24, 2.45) is 0 Å². The molecule has 12 aromatic carbocycles. The number of Topliss-reactive ketones (excluding diaryl/α,β-unsaturated/α-hetero) is 5. The van der Waals surface area contributed by atoms with Crippen LogP contribution in [-0.4, -0.2) is 78.1 Å². The second kappa shape index (κ2) is 39.5. The van der Waals surface area contributed by atoms with Crippen molar-refractivity contribution in [3.8, 4) is 57.1 Å². The summed E-state index contributed by atoms with van der Waals surface area (Å²) in [5, 5.41) is 28.1. The molecule has 1 amide bonds. The van der Waals surface area contributed by atoms with Crippen LogP contribution in [-0.2, 0) is 4.57 Å². The molecule has 554 valence electrons. The molecule has 3 N–H and O–H groups in total. The van der Waals surface area contributed by atoms with Gasteiger partial charge in [0.1, 0.15) is 46.0 Å². The second-order valence-electron chi connectivity index (χ2n) is 22.7. The minimum absolute atomic E-state index is 0. The van der Waals surface area contributed by atoms with Crippen LogP contribution in [0.3, 0.4) is 0 Å². The van der Waals surface area contributed by atoms with E-state index in [2.05, 4.69) is 5.32 Å². The number of nitrogens with one attached hydrogen (secondary N) is 1. The Balaban J connectivity index is 0.000000546. The third-order valence-corrected chi connectivity index (χ3v) is 18.6. The maximum Gasteiger partial charge on any atom is 0.311 e. The number of phenols is 2. The zero-order chi connectivity index (χ0) is 67.6. The predicted octanol–water partition coefficient (Wildman–Crippen LogP) is 21.5. The normalized spacial score (nSPS) is 11.7. The van der Waals surface area contributed by atoms with Gasteiger partial charge in [-0.1, -0.05) is 170 Å². The first-order valence-electron chi connectivity index (χ1n) is 31.1. The minimum Gasteiger partial charge on any atom is -0.508 e. The van der Waals surface area contributed by atoms with Gasteiger partial charge in [-0.25, -0.2) is 0 Å². The molecule has 16 nitrogen and oxygen atoms in total. The number of carbonyl (C=O) groups is 6. The average Bonchev–Trinajstić information content (AvgIpc) is 0.731. The van der Waals surface area contributed by atoms with E-state index in [9.17, 15) is 39.0 Å². The highest BCUT2D eigenvalue weighted by atomic mass is 31.2. The summed E-state index contributed by atoms with van der Waals surface area (Å²) in [6, 6.07) is 71.0. The Kier molecular flexibility index (Phi) is 32.8. The lowest BCUT2D eigenvalue weighted by atomic mass is 10.0. The highest BCUT2D eigenvalue weighted by Crippen LogP contribution is 2.55. The van der Waals surface area contributed by atoms with Gasteiger partial charge in [-0.3, -0.25) is 33.3 Å². The molecule has 17 heteroatoms. The number of anilines is 1. The van der Waals surface area contributed by atoms with Gasteiger partial charge >= 0.3 is 7.37 Å². The molecule has 106 heavy (non-hydrogen) atoms.